The Balaban J connectivity index is 1.20. The number of anilines is 1. The zero-order valence-corrected chi connectivity index (χ0v) is 47.7. The third kappa shape index (κ3) is 27.3. The van der Waals surface area contributed by atoms with Crippen LogP contribution in [0.25, 0.3) is 11.2 Å². The number of hydrogen-bond acceptors (Lipinski definition) is 18. The molecule has 7 atom stereocenters. The molecule has 1 fully saturated rings. The molecular weight excluding hydrogens is 1060 g/mol. The lowest BCUT2D eigenvalue weighted by atomic mass is 9.87. The van der Waals surface area contributed by atoms with Crippen molar-refractivity contribution in [1.29, 1.82) is 0 Å². The molecule has 1 saturated heterocycles. The quantitative estimate of drug-likeness (QED) is 0.0225. The molecule has 1 aliphatic heterocycles. The fourth-order valence-electron chi connectivity index (χ4n) is 8.37. The molecule has 0 aliphatic carbocycles. The maximum absolute atomic E-state index is 12.8. The SMILES string of the molecule is CC(C)CCCCCCCCCCCCCCCCCCCCCCC(=O)SCCNC(=O)CCNC(=O)C(O)C(C)(C)COP(=O)(O)OP(=O)(O)OCC1OC(n2cnc3c(N)ncnc32)C(O)C1OP(=O)(O)O. The Morgan fingerprint density at radius 1 is 0.773 bits per heavy atom. The lowest BCUT2D eigenvalue weighted by Crippen LogP contribution is -2.46. The number of phosphoric ester groups is 3. The molecule has 0 saturated carbocycles. The van der Waals surface area contributed by atoms with Gasteiger partial charge in [-0.1, -0.05) is 168 Å². The summed E-state index contributed by atoms with van der Waals surface area (Å²) >= 11 is 1.16. The van der Waals surface area contributed by atoms with E-state index in [9.17, 15) is 57.9 Å². The van der Waals surface area contributed by atoms with Crippen molar-refractivity contribution in [2.75, 3.05) is 37.8 Å². The number of aliphatic hydroxyl groups is 2. The van der Waals surface area contributed by atoms with Crippen LogP contribution in [0.2, 0.25) is 0 Å². The highest BCUT2D eigenvalue weighted by Crippen LogP contribution is 2.61. The molecule has 10 N–H and O–H groups in total. The molecule has 0 aromatic carbocycles. The van der Waals surface area contributed by atoms with Crippen LogP contribution < -0.4 is 16.4 Å². The predicted molar refractivity (Wildman–Crippen MR) is 284 cm³/mol. The van der Waals surface area contributed by atoms with E-state index in [0.29, 0.717) is 12.2 Å². The highest BCUT2D eigenvalue weighted by atomic mass is 32.2. The van der Waals surface area contributed by atoms with Crippen LogP contribution in [0.1, 0.15) is 182 Å². The third-order valence-corrected chi connectivity index (χ3v) is 16.7. The Labute approximate surface area is 446 Å². The number of carbonyl (C=O) groups is 3. The van der Waals surface area contributed by atoms with Gasteiger partial charge in [0.05, 0.1) is 19.5 Å². The molecule has 2 amide bonds. The second-order valence-electron chi connectivity index (χ2n) is 20.3. The highest BCUT2D eigenvalue weighted by Gasteiger charge is 2.50. The van der Waals surface area contributed by atoms with Gasteiger partial charge < -0.3 is 50.9 Å². The van der Waals surface area contributed by atoms with Crippen LogP contribution >= 0.6 is 35.2 Å². The van der Waals surface area contributed by atoms with Crippen molar-refractivity contribution in [2.24, 2.45) is 11.3 Å². The van der Waals surface area contributed by atoms with E-state index < -0.39 is 84.6 Å². The number of fused-ring (bicyclic) bond motifs is 1. The first-order valence-electron chi connectivity index (χ1n) is 26.5. The second-order valence-corrected chi connectivity index (χ2v) is 25.7. The molecule has 0 radical (unpaired) electrons. The van der Waals surface area contributed by atoms with Crippen molar-refractivity contribution < 1.29 is 80.5 Å². The molecule has 432 valence electrons. The highest BCUT2D eigenvalue weighted by molar-refractivity contribution is 8.13. The summed E-state index contributed by atoms with van der Waals surface area (Å²) in [7, 11) is -16.4. The predicted octanol–water partition coefficient (Wildman–Crippen LogP) is 7.90. The van der Waals surface area contributed by atoms with E-state index in [0.717, 1.165) is 54.2 Å². The summed E-state index contributed by atoms with van der Waals surface area (Å²) in [6.07, 6.45) is 21.0. The maximum atomic E-state index is 12.8. The van der Waals surface area contributed by atoms with Crippen LogP contribution in [0.3, 0.4) is 0 Å². The Bertz CT molecular complexity index is 2150. The van der Waals surface area contributed by atoms with Gasteiger partial charge in [0, 0.05) is 37.1 Å². The minimum Gasteiger partial charge on any atom is -0.386 e. The molecule has 28 heteroatoms. The number of imidazole rings is 1. The van der Waals surface area contributed by atoms with Crippen LogP contribution in [-0.2, 0) is 50.7 Å². The van der Waals surface area contributed by atoms with Crippen molar-refractivity contribution in [1.82, 2.24) is 30.2 Å². The van der Waals surface area contributed by atoms with Crippen LogP contribution in [0.15, 0.2) is 12.7 Å². The lowest BCUT2D eigenvalue weighted by Gasteiger charge is -2.30. The average Bonchev–Trinajstić information content (AvgIpc) is 3.89. The molecule has 1 aliphatic rings. The fraction of sp³-hybridized carbons (Fsp3) is 0.830. The molecule has 0 spiro atoms. The van der Waals surface area contributed by atoms with Gasteiger partial charge in [-0.15, -0.1) is 0 Å². The van der Waals surface area contributed by atoms with Crippen LogP contribution in [0.4, 0.5) is 5.82 Å². The molecule has 75 heavy (non-hydrogen) atoms. The molecule has 7 unspecified atom stereocenters. The number of ether oxygens (including phenoxy) is 1. The first kappa shape index (κ1) is 66.8. The smallest absolute Gasteiger partial charge is 0.386 e. The number of unbranched alkanes of at least 4 members (excludes halogenated alkanes) is 19. The number of aromatic nitrogens is 4. The zero-order chi connectivity index (χ0) is 55.5. The third-order valence-electron chi connectivity index (χ3n) is 12.7. The van der Waals surface area contributed by atoms with Gasteiger partial charge in [-0.05, 0) is 12.3 Å². The second kappa shape index (κ2) is 34.5. The number of nitrogens with one attached hydrogen (secondary N) is 2. The Morgan fingerprint density at radius 3 is 1.85 bits per heavy atom. The Morgan fingerprint density at radius 2 is 1.31 bits per heavy atom. The van der Waals surface area contributed by atoms with Gasteiger partial charge in [0.25, 0.3) is 0 Å². The fourth-order valence-corrected chi connectivity index (χ4v) is 11.9. The summed E-state index contributed by atoms with van der Waals surface area (Å²) in [5, 5.41) is 26.7. The van der Waals surface area contributed by atoms with Gasteiger partial charge in [-0.25, -0.2) is 28.6 Å². The Hall–Kier alpha value is -2.44. The molecular formula is C47H86N7O17P3S. The Kier molecular flexibility index (Phi) is 30.8. The molecule has 3 rings (SSSR count). The van der Waals surface area contributed by atoms with Crippen molar-refractivity contribution in [3.63, 3.8) is 0 Å². The van der Waals surface area contributed by atoms with Crippen molar-refractivity contribution >= 4 is 69.1 Å². The number of hydrogen-bond donors (Lipinski definition) is 9. The summed E-state index contributed by atoms with van der Waals surface area (Å²) in [5.41, 5.74) is 4.30. The number of rotatable bonds is 42. The monoisotopic (exact) mass is 1150 g/mol. The first-order valence-corrected chi connectivity index (χ1v) is 32.0. The van der Waals surface area contributed by atoms with Crippen molar-refractivity contribution in [2.45, 2.75) is 206 Å². The first-order chi connectivity index (χ1) is 35.4. The van der Waals surface area contributed by atoms with E-state index in [1.54, 1.807) is 0 Å². The van der Waals surface area contributed by atoms with E-state index in [1.807, 2.05) is 0 Å². The van der Waals surface area contributed by atoms with E-state index >= 15 is 0 Å². The number of carbonyl (C=O) groups excluding carboxylic acids is 3. The van der Waals surface area contributed by atoms with Crippen LogP contribution in [-0.4, -0.2) is 123 Å². The lowest BCUT2D eigenvalue weighted by molar-refractivity contribution is -0.137. The summed E-state index contributed by atoms with van der Waals surface area (Å²) in [6, 6.07) is 0. The minimum atomic E-state index is -5.58. The standard InChI is InChI=1S/C47H86N7O17P3S/c1-35(2)25-23-21-19-17-15-13-11-9-7-5-6-8-10-12-14-16-18-20-22-24-26-38(56)75-30-29-49-37(55)27-28-50-45(59)42(58)47(3,4)32-68-74(65,66)71-73(63,64)67-31-36-41(70-72(60,61)62)40(57)46(69-36)54-34-53-39-43(48)51-33-52-44(39)54/h33-36,40-42,46,57-58H,5-32H2,1-4H3,(H,49,55)(H,50,59)(H,63,64)(H,65,66)(H2,48,51,52)(H2,60,61,62). The van der Waals surface area contributed by atoms with Gasteiger partial charge >= 0.3 is 23.5 Å². The maximum Gasteiger partial charge on any atom is 0.481 e. The van der Waals surface area contributed by atoms with E-state index in [2.05, 4.69) is 48.3 Å². The largest absolute Gasteiger partial charge is 0.481 e. The van der Waals surface area contributed by atoms with Crippen LogP contribution in [0.5, 0.6) is 0 Å². The number of nitrogens with two attached hydrogens (primary N) is 1. The number of aliphatic hydroxyl groups excluding tert-OH is 2. The summed E-state index contributed by atoms with van der Waals surface area (Å²) in [5.74, 6) is -0.175. The summed E-state index contributed by atoms with van der Waals surface area (Å²) in [6.45, 7) is 5.21. The van der Waals surface area contributed by atoms with E-state index in [4.69, 9.17) is 19.5 Å². The normalized spacial score (nSPS) is 19.3. The van der Waals surface area contributed by atoms with Crippen molar-refractivity contribution in [3.8, 4) is 0 Å². The van der Waals surface area contributed by atoms with E-state index in [-0.39, 0.29) is 41.6 Å². The molecule has 0 bridgehead atoms. The summed E-state index contributed by atoms with van der Waals surface area (Å²) < 4.78 is 62.6. The number of nitrogen functional groups attached to an aromatic ring is 1. The van der Waals surface area contributed by atoms with Gasteiger partial charge in [-0.2, -0.15) is 4.31 Å². The number of nitrogens with zero attached hydrogens (tertiary/aromatic N) is 4. The zero-order valence-electron chi connectivity index (χ0n) is 44.2. The van der Waals surface area contributed by atoms with Gasteiger partial charge in [0.2, 0.25) is 11.8 Å². The number of thioether (sulfide) groups is 1. The van der Waals surface area contributed by atoms with Crippen molar-refractivity contribution in [3.05, 3.63) is 12.7 Å². The summed E-state index contributed by atoms with van der Waals surface area (Å²) in [4.78, 5) is 88.6. The minimum absolute atomic E-state index is 0.0346. The number of phosphoric acid groups is 3. The number of amides is 2. The van der Waals surface area contributed by atoms with Gasteiger partial charge in [-0.3, -0.25) is 32.5 Å². The molecule has 3 heterocycles. The molecule has 2 aromatic heterocycles. The molecule has 2 aromatic rings. The average molecular weight is 1150 g/mol. The van der Waals surface area contributed by atoms with Crippen LogP contribution in [0, 0.1) is 11.3 Å². The van der Waals surface area contributed by atoms with Gasteiger partial charge in [0.15, 0.2) is 22.8 Å². The molecule has 24 nitrogen and oxygen atoms in total. The van der Waals surface area contributed by atoms with E-state index in [1.165, 1.54) is 129 Å². The topological polar surface area (TPSA) is 364 Å². The van der Waals surface area contributed by atoms with Gasteiger partial charge in [0.1, 0.15) is 36.3 Å².